The topological polar surface area (TPSA) is 44.1 Å². The van der Waals surface area contributed by atoms with Crippen LogP contribution in [0.5, 0.6) is 0 Å². The van der Waals surface area contributed by atoms with E-state index in [2.05, 4.69) is 6.07 Å². The van der Waals surface area contributed by atoms with E-state index in [0.29, 0.717) is 6.54 Å². The van der Waals surface area contributed by atoms with E-state index in [4.69, 9.17) is 16.9 Å². The minimum Gasteiger partial charge on any atom is -0.344 e. The van der Waals surface area contributed by atoms with Crippen LogP contribution in [0, 0.1) is 22.7 Å². The highest BCUT2D eigenvalue weighted by Gasteiger charge is 2.29. The Kier molecular flexibility index (Phi) is 4.93. The van der Waals surface area contributed by atoms with Crippen LogP contribution in [-0.2, 0) is 4.79 Å². The predicted molar refractivity (Wildman–Crippen MR) is 56.9 cm³/mol. The second-order valence-corrected chi connectivity index (χ2v) is 4.50. The van der Waals surface area contributed by atoms with Gasteiger partial charge in [0.1, 0.15) is 0 Å². The lowest BCUT2D eigenvalue weighted by Gasteiger charge is -2.28. The molecule has 3 nitrogen and oxygen atoms in total. The third kappa shape index (κ3) is 3.55. The van der Waals surface area contributed by atoms with Gasteiger partial charge in [-0.15, -0.1) is 11.6 Å². The second-order valence-electron chi connectivity index (χ2n) is 4.23. The van der Waals surface area contributed by atoms with Crippen LogP contribution in [0.4, 0.5) is 0 Å². The van der Waals surface area contributed by atoms with Crippen molar-refractivity contribution in [2.24, 2.45) is 11.3 Å². The second kappa shape index (κ2) is 5.21. The number of hydrogen-bond donors (Lipinski definition) is 0. The lowest BCUT2D eigenvalue weighted by molar-refractivity contribution is -0.138. The van der Waals surface area contributed by atoms with Crippen LogP contribution in [0.3, 0.4) is 0 Å². The van der Waals surface area contributed by atoms with Crippen molar-refractivity contribution in [1.82, 2.24) is 4.90 Å². The standard InChI is InChI=1S/C10H17ClN2O/c1-8(5-12)6-13(4)9(14)10(2,3)7-11/h8H,6-7H2,1-4H3. The van der Waals surface area contributed by atoms with Gasteiger partial charge in [0.2, 0.25) is 5.91 Å². The Bertz CT molecular complexity index is 245. The average Bonchev–Trinajstić information content (AvgIpc) is 2.16. The largest absolute Gasteiger partial charge is 0.344 e. The van der Waals surface area contributed by atoms with Crippen molar-refractivity contribution in [2.45, 2.75) is 20.8 Å². The number of amides is 1. The van der Waals surface area contributed by atoms with Gasteiger partial charge in [-0.1, -0.05) is 0 Å². The molecule has 0 aliphatic rings. The fraction of sp³-hybridized carbons (Fsp3) is 0.800. The Hall–Kier alpha value is -0.750. The first-order valence-electron chi connectivity index (χ1n) is 4.56. The summed E-state index contributed by atoms with van der Waals surface area (Å²) in [6.45, 7) is 5.85. The van der Waals surface area contributed by atoms with Crippen molar-refractivity contribution in [3.63, 3.8) is 0 Å². The number of carbonyl (C=O) groups is 1. The van der Waals surface area contributed by atoms with Crippen molar-refractivity contribution < 1.29 is 4.79 Å². The highest BCUT2D eigenvalue weighted by Crippen LogP contribution is 2.20. The Balaban J connectivity index is 4.34. The molecule has 0 bridgehead atoms. The van der Waals surface area contributed by atoms with Crippen LogP contribution in [0.25, 0.3) is 0 Å². The van der Waals surface area contributed by atoms with Crippen molar-refractivity contribution >= 4 is 17.5 Å². The molecule has 0 N–H and O–H groups in total. The Labute approximate surface area is 90.6 Å². The van der Waals surface area contributed by atoms with Crippen LogP contribution < -0.4 is 0 Å². The van der Waals surface area contributed by atoms with Gasteiger partial charge >= 0.3 is 0 Å². The maximum absolute atomic E-state index is 11.8. The van der Waals surface area contributed by atoms with Gasteiger partial charge in [0.25, 0.3) is 0 Å². The molecule has 0 saturated carbocycles. The van der Waals surface area contributed by atoms with Crippen molar-refractivity contribution in [1.29, 1.82) is 5.26 Å². The van der Waals surface area contributed by atoms with Gasteiger partial charge < -0.3 is 4.90 Å². The van der Waals surface area contributed by atoms with Crippen molar-refractivity contribution in [2.75, 3.05) is 19.5 Å². The molecule has 0 radical (unpaired) electrons. The first-order valence-corrected chi connectivity index (χ1v) is 5.09. The van der Waals surface area contributed by atoms with E-state index in [1.807, 2.05) is 0 Å². The summed E-state index contributed by atoms with van der Waals surface area (Å²) in [6, 6.07) is 2.09. The summed E-state index contributed by atoms with van der Waals surface area (Å²) in [5.41, 5.74) is -0.550. The Morgan fingerprint density at radius 2 is 2.14 bits per heavy atom. The van der Waals surface area contributed by atoms with E-state index >= 15 is 0 Å². The zero-order chi connectivity index (χ0) is 11.4. The number of rotatable bonds is 4. The van der Waals surface area contributed by atoms with Gasteiger partial charge in [-0.3, -0.25) is 4.79 Å². The first kappa shape index (κ1) is 13.2. The summed E-state index contributed by atoms with van der Waals surface area (Å²) in [4.78, 5) is 13.3. The SMILES string of the molecule is CC(C#N)CN(C)C(=O)C(C)(C)CCl. The summed E-state index contributed by atoms with van der Waals surface area (Å²) in [5.74, 6) is 0.126. The van der Waals surface area contributed by atoms with Crippen LogP contribution in [-0.4, -0.2) is 30.3 Å². The highest BCUT2D eigenvalue weighted by molar-refractivity contribution is 6.19. The summed E-state index contributed by atoms with van der Waals surface area (Å²) in [7, 11) is 1.70. The molecular formula is C10H17ClN2O. The van der Waals surface area contributed by atoms with Crippen molar-refractivity contribution in [3.8, 4) is 6.07 Å². The predicted octanol–water partition coefficient (Wildman–Crippen LogP) is 1.87. The maximum atomic E-state index is 11.8. The van der Waals surface area contributed by atoms with Gasteiger partial charge in [-0.2, -0.15) is 5.26 Å². The lowest BCUT2D eigenvalue weighted by atomic mass is 9.94. The zero-order valence-corrected chi connectivity index (χ0v) is 9.93. The van der Waals surface area contributed by atoms with Gasteiger partial charge in [-0.05, 0) is 20.8 Å². The minimum absolute atomic E-state index is 0.0189. The van der Waals surface area contributed by atoms with Crippen molar-refractivity contribution in [3.05, 3.63) is 0 Å². The summed E-state index contributed by atoms with van der Waals surface area (Å²) >= 11 is 5.69. The van der Waals surface area contributed by atoms with Gasteiger partial charge in [0.15, 0.2) is 0 Å². The Morgan fingerprint density at radius 3 is 2.50 bits per heavy atom. The minimum atomic E-state index is -0.550. The molecule has 1 atom stereocenters. The van der Waals surface area contributed by atoms with E-state index in [-0.39, 0.29) is 17.7 Å². The summed E-state index contributed by atoms with van der Waals surface area (Å²) < 4.78 is 0. The van der Waals surface area contributed by atoms with E-state index in [1.54, 1.807) is 32.7 Å². The molecule has 0 aliphatic heterocycles. The zero-order valence-electron chi connectivity index (χ0n) is 9.17. The monoisotopic (exact) mass is 216 g/mol. The molecule has 0 aromatic rings. The fourth-order valence-corrected chi connectivity index (χ4v) is 1.22. The molecule has 1 amide bonds. The molecule has 0 aromatic carbocycles. The molecule has 80 valence electrons. The number of carbonyl (C=O) groups excluding carboxylic acids is 1. The summed E-state index contributed by atoms with van der Waals surface area (Å²) in [6.07, 6.45) is 0. The van der Waals surface area contributed by atoms with E-state index in [1.165, 1.54) is 0 Å². The lowest BCUT2D eigenvalue weighted by Crippen LogP contribution is -2.41. The molecule has 0 heterocycles. The summed E-state index contributed by atoms with van der Waals surface area (Å²) in [5, 5.41) is 8.61. The number of halogens is 1. The molecule has 4 heteroatoms. The normalized spacial score (nSPS) is 13.1. The molecule has 0 fully saturated rings. The van der Waals surface area contributed by atoms with Crippen LogP contribution >= 0.6 is 11.6 Å². The van der Waals surface area contributed by atoms with Gasteiger partial charge in [0.05, 0.1) is 17.4 Å². The molecule has 14 heavy (non-hydrogen) atoms. The molecule has 0 rings (SSSR count). The van der Waals surface area contributed by atoms with Crippen LogP contribution in [0.2, 0.25) is 0 Å². The average molecular weight is 217 g/mol. The van der Waals surface area contributed by atoms with E-state index < -0.39 is 5.41 Å². The fourth-order valence-electron chi connectivity index (χ4n) is 1.11. The maximum Gasteiger partial charge on any atom is 0.229 e. The van der Waals surface area contributed by atoms with Gasteiger partial charge in [0, 0.05) is 19.5 Å². The number of alkyl halides is 1. The quantitative estimate of drug-likeness (QED) is 0.674. The number of nitrogens with zero attached hydrogens (tertiary/aromatic N) is 2. The molecule has 0 aliphatic carbocycles. The van der Waals surface area contributed by atoms with Crippen LogP contribution in [0.15, 0.2) is 0 Å². The first-order chi connectivity index (χ1) is 6.35. The Morgan fingerprint density at radius 1 is 1.64 bits per heavy atom. The van der Waals surface area contributed by atoms with E-state index in [9.17, 15) is 4.79 Å². The number of hydrogen-bond acceptors (Lipinski definition) is 2. The highest BCUT2D eigenvalue weighted by atomic mass is 35.5. The van der Waals surface area contributed by atoms with Gasteiger partial charge in [-0.25, -0.2) is 0 Å². The van der Waals surface area contributed by atoms with E-state index in [0.717, 1.165) is 0 Å². The third-order valence-corrected chi connectivity index (χ3v) is 2.70. The molecular weight excluding hydrogens is 200 g/mol. The van der Waals surface area contributed by atoms with Crippen LogP contribution in [0.1, 0.15) is 20.8 Å². The third-order valence-electron chi connectivity index (χ3n) is 2.03. The molecule has 1 unspecified atom stereocenters. The molecule has 0 aromatic heterocycles. The number of nitriles is 1. The smallest absolute Gasteiger partial charge is 0.229 e. The molecule has 0 saturated heterocycles. The molecule has 0 spiro atoms.